The van der Waals surface area contributed by atoms with Crippen LogP contribution in [0.2, 0.25) is 0 Å². The van der Waals surface area contributed by atoms with Crippen molar-refractivity contribution in [3.05, 3.63) is 48.0 Å². The third-order valence-corrected chi connectivity index (χ3v) is 4.41. The molecular formula is C15H16N4O. The van der Waals surface area contributed by atoms with E-state index in [0.717, 1.165) is 37.3 Å². The lowest BCUT2D eigenvalue weighted by atomic mass is 9.94. The number of aromatic nitrogens is 3. The van der Waals surface area contributed by atoms with E-state index in [1.54, 1.807) is 6.33 Å². The molecule has 0 bridgehead atoms. The molecule has 4 rings (SSSR count). The maximum absolute atomic E-state index is 12.9. The lowest BCUT2D eigenvalue weighted by Crippen LogP contribution is -2.43. The van der Waals surface area contributed by atoms with Gasteiger partial charge in [-0.05, 0) is 18.4 Å². The van der Waals surface area contributed by atoms with Gasteiger partial charge in [-0.25, -0.2) is 0 Å². The van der Waals surface area contributed by atoms with Crippen molar-refractivity contribution in [1.82, 2.24) is 19.7 Å². The summed E-state index contributed by atoms with van der Waals surface area (Å²) in [5.41, 5.74) is 0.876. The number of carbonyl (C=O) groups excluding carboxylic acids is 1. The van der Waals surface area contributed by atoms with Gasteiger partial charge in [-0.1, -0.05) is 30.3 Å². The summed E-state index contributed by atoms with van der Waals surface area (Å²) in [6.45, 7) is 2.12. The zero-order valence-corrected chi connectivity index (χ0v) is 11.2. The summed E-state index contributed by atoms with van der Waals surface area (Å²) in [4.78, 5) is 14.8. The molecule has 0 spiro atoms. The van der Waals surface area contributed by atoms with Crippen LogP contribution in [-0.2, 0) is 23.3 Å². The van der Waals surface area contributed by atoms with Gasteiger partial charge in [0.1, 0.15) is 6.33 Å². The van der Waals surface area contributed by atoms with E-state index >= 15 is 0 Å². The molecule has 5 heteroatoms. The second-order valence-corrected chi connectivity index (χ2v) is 5.62. The highest BCUT2D eigenvalue weighted by molar-refractivity contribution is 5.91. The monoisotopic (exact) mass is 268 g/mol. The minimum atomic E-state index is -0.274. The van der Waals surface area contributed by atoms with Gasteiger partial charge in [0.25, 0.3) is 0 Å². The van der Waals surface area contributed by atoms with Crippen LogP contribution in [-0.4, -0.2) is 32.1 Å². The fourth-order valence-corrected chi connectivity index (χ4v) is 3.05. The summed E-state index contributed by atoms with van der Waals surface area (Å²) in [5, 5.41) is 7.99. The summed E-state index contributed by atoms with van der Waals surface area (Å²) in [6.07, 6.45) is 3.65. The fraction of sp³-hybridized carbons (Fsp3) is 0.400. The SMILES string of the molecule is O=C(N1CCn2cnnc2C1)C1(c2ccccc2)CC1. The quantitative estimate of drug-likeness (QED) is 0.826. The molecule has 1 aromatic heterocycles. The van der Waals surface area contributed by atoms with Crippen LogP contribution in [0.3, 0.4) is 0 Å². The Kier molecular flexibility index (Phi) is 2.42. The van der Waals surface area contributed by atoms with Crippen molar-refractivity contribution in [2.24, 2.45) is 0 Å². The third-order valence-electron chi connectivity index (χ3n) is 4.41. The predicted octanol–water partition coefficient (Wildman–Crippen LogP) is 1.35. The average molecular weight is 268 g/mol. The van der Waals surface area contributed by atoms with E-state index in [1.807, 2.05) is 27.7 Å². The summed E-state index contributed by atoms with van der Waals surface area (Å²) in [7, 11) is 0. The number of carbonyl (C=O) groups is 1. The number of amides is 1. The molecule has 0 radical (unpaired) electrons. The molecule has 20 heavy (non-hydrogen) atoms. The highest BCUT2D eigenvalue weighted by atomic mass is 16.2. The molecule has 5 nitrogen and oxygen atoms in total. The number of nitrogens with zero attached hydrogens (tertiary/aromatic N) is 4. The molecule has 1 aliphatic heterocycles. The van der Waals surface area contributed by atoms with Gasteiger partial charge >= 0.3 is 0 Å². The van der Waals surface area contributed by atoms with Crippen molar-refractivity contribution in [3.8, 4) is 0 Å². The number of benzene rings is 1. The minimum absolute atomic E-state index is 0.248. The molecule has 2 aromatic rings. The van der Waals surface area contributed by atoms with E-state index in [2.05, 4.69) is 22.3 Å². The summed E-state index contributed by atoms with van der Waals surface area (Å²) in [5.74, 6) is 1.13. The molecule has 2 heterocycles. The Morgan fingerprint density at radius 3 is 2.70 bits per heavy atom. The van der Waals surface area contributed by atoms with Crippen LogP contribution < -0.4 is 0 Å². The number of fused-ring (bicyclic) bond motifs is 1. The Bertz CT molecular complexity index is 645. The van der Waals surface area contributed by atoms with Crippen LogP contribution in [0, 0.1) is 0 Å². The van der Waals surface area contributed by atoms with Crippen LogP contribution in [0.15, 0.2) is 36.7 Å². The first kappa shape index (κ1) is 11.6. The van der Waals surface area contributed by atoms with Gasteiger partial charge in [-0.3, -0.25) is 4.79 Å². The molecule has 0 atom stereocenters. The van der Waals surface area contributed by atoms with Crippen molar-refractivity contribution in [1.29, 1.82) is 0 Å². The van der Waals surface area contributed by atoms with E-state index in [-0.39, 0.29) is 11.3 Å². The van der Waals surface area contributed by atoms with Gasteiger partial charge < -0.3 is 9.47 Å². The smallest absolute Gasteiger partial charge is 0.233 e. The first-order valence-corrected chi connectivity index (χ1v) is 7.01. The molecule has 1 fully saturated rings. The molecule has 0 unspecified atom stereocenters. The summed E-state index contributed by atoms with van der Waals surface area (Å²) in [6, 6.07) is 10.1. The number of hydrogen-bond acceptors (Lipinski definition) is 3. The summed E-state index contributed by atoms with van der Waals surface area (Å²) < 4.78 is 2.02. The molecule has 1 amide bonds. The fourth-order valence-electron chi connectivity index (χ4n) is 3.05. The van der Waals surface area contributed by atoms with Gasteiger partial charge in [0, 0.05) is 13.1 Å². The molecule has 102 valence electrons. The average Bonchev–Trinajstić information content (AvgIpc) is 3.18. The van der Waals surface area contributed by atoms with Crippen LogP contribution in [0.5, 0.6) is 0 Å². The second kappa shape index (κ2) is 4.16. The standard InChI is InChI=1S/C15H16N4O/c20-14(15(6-7-15)12-4-2-1-3-5-12)18-8-9-19-11-16-17-13(19)10-18/h1-5,11H,6-10H2. The zero-order chi connectivity index (χ0) is 13.6. The zero-order valence-electron chi connectivity index (χ0n) is 11.2. The largest absolute Gasteiger partial charge is 0.333 e. The van der Waals surface area contributed by atoms with Crippen LogP contribution in [0.1, 0.15) is 24.2 Å². The minimum Gasteiger partial charge on any atom is -0.333 e. The van der Waals surface area contributed by atoms with Crippen molar-refractivity contribution in [2.45, 2.75) is 31.3 Å². The Balaban J connectivity index is 1.60. The lowest BCUT2D eigenvalue weighted by Gasteiger charge is -2.30. The maximum atomic E-state index is 12.9. The van der Waals surface area contributed by atoms with Gasteiger partial charge in [-0.2, -0.15) is 0 Å². The van der Waals surface area contributed by atoms with Gasteiger partial charge in [0.15, 0.2) is 5.82 Å². The number of rotatable bonds is 2. The van der Waals surface area contributed by atoms with Crippen LogP contribution >= 0.6 is 0 Å². The molecule has 1 aromatic carbocycles. The van der Waals surface area contributed by atoms with Crippen LogP contribution in [0.25, 0.3) is 0 Å². The Morgan fingerprint density at radius 2 is 1.95 bits per heavy atom. The Labute approximate surface area is 117 Å². The predicted molar refractivity (Wildman–Crippen MR) is 72.8 cm³/mol. The molecule has 0 saturated heterocycles. The molecule has 2 aliphatic rings. The topological polar surface area (TPSA) is 51.0 Å². The third kappa shape index (κ3) is 1.66. The van der Waals surface area contributed by atoms with Crippen molar-refractivity contribution in [2.75, 3.05) is 6.54 Å². The molecule has 0 N–H and O–H groups in total. The Morgan fingerprint density at radius 1 is 1.15 bits per heavy atom. The molecular weight excluding hydrogens is 252 g/mol. The first-order valence-electron chi connectivity index (χ1n) is 7.01. The highest BCUT2D eigenvalue weighted by Gasteiger charge is 2.53. The molecule has 1 saturated carbocycles. The van der Waals surface area contributed by atoms with Gasteiger partial charge in [-0.15, -0.1) is 10.2 Å². The maximum Gasteiger partial charge on any atom is 0.233 e. The second-order valence-electron chi connectivity index (χ2n) is 5.62. The number of hydrogen-bond donors (Lipinski definition) is 0. The normalized spacial score (nSPS) is 19.5. The van der Waals surface area contributed by atoms with Crippen molar-refractivity contribution in [3.63, 3.8) is 0 Å². The van der Waals surface area contributed by atoms with E-state index in [1.165, 1.54) is 0 Å². The first-order chi connectivity index (χ1) is 9.79. The highest BCUT2D eigenvalue weighted by Crippen LogP contribution is 2.49. The van der Waals surface area contributed by atoms with E-state index in [0.29, 0.717) is 6.54 Å². The lowest BCUT2D eigenvalue weighted by molar-refractivity contribution is -0.135. The summed E-state index contributed by atoms with van der Waals surface area (Å²) >= 11 is 0. The van der Waals surface area contributed by atoms with E-state index in [4.69, 9.17) is 0 Å². The van der Waals surface area contributed by atoms with E-state index in [9.17, 15) is 4.79 Å². The van der Waals surface area contributed by atoms with Gasteiger partial charge in [0.2, 0.25) is 5.91 Å². The van der Waals surface area contributed by atoms with E-state index < -0.39 is 0 Å². The van der Waals surface area contributed by atoms with Crippen molar-refractivity contribution >= 4 is 5.91 Å². The molecule has 1 aliphatic carbocycles. The van der Waals surface area contributed by atoms with Crippen molar-refractivity contribution < 1.29 is 4.79 Å². The Hall–Kier alpha value is -2.17. The van der Waals surface area contributed by atoms with Crippen LogP contribution in [0.4, 0.5) is 0 Å². The van der Waals surface area contributed by atoms with Gasteiger partial charge in [0.05, 0.1) is 12.0 Å².